The Morgan fingerprint density at radius 2 is 1.79 bits per heavy atom. The molecule has 1 unspecified atom stereocenters. The van der Waals surface area contributed by atoms with E-state index in [2.05, 4.69) is 15.3 Å². The summed E-state index contributed by atoms with van der Waals surface area (Å²) in [5.41, 5.74) is 2.02. The fraction of sp³-hybridized carbons (Fsp3) is 0.696. The van der Waals surface area contributed by atoms with E-state index >= 15 is 0 Å². The van der Waals surface area contributed by atoms with Crippen molar-refractivity contribution in [3.05, 3.63) is 29.2 Å². The van der Waals surface area contributed by atoms with E-state index in [4.69, 9.17) is 16.6 Å². The predicted octanol–water partition coefficient (Wildman–Crippen LogP) is 6.77. The Morgan fingerprint density at radius 1 is 1.07 bits per heavy atom. The van der Waals surface area contributed by atoms with E-state index < -0.39 is 5.95 Å². The lowest BCUT2D eigenvalue weighted by molar-refractivity contribution is 0.182. The smallest absolute Gasteiger partial charge is 0.260 e. The van der Waals surface area contributed by atoms with Gasteiger partial charge in [0.1, 0.15) is 18.5 Å². The molecular weight excluding hydrogens is 377 g/mol. The second-order valence-electron chi connectivity index (χ2n) is 9.12. The van der Waals surface area contributed by atoms with Crippen LogP contribution in [-0.4, -0.2) is 11.6 Å². The zero-order chi connectivity index (χ0) is 19.5. The summed E-state index contributed by atoms with van der Waals surface area (Å²) >= 11 is 5.24. The summed E-state index contributed by atoms with van der Waals surface area (Å²) in [7, 11) is 0. The average Bonchev–Trinajstić information content (AvgIpc) is 3.53. The van der Waals surface area contributed by atoms with Gasteiger partial charge >= 0.3 is 0 Å². The molecule has 1 aromatic heterocycles. The molecule has 3 aliphatic carbocycles. The maximum absolute atomic E-state index is 13.7. The molecule has 1 aromatic rings. The summed E-state index contributed by atoms with van der Waals surface area (Å²) in [6.07, 6.45) is 16.1. The summed E-state index contributed by atoms with van der Waals surface area (Å²) < 4.78 is 24.0. The molecule has 1 heterocycles. The van der Waals surface area contributed by atoms with Crippen LogP contribution in [0.3, 0.4) is 0 Å². The minimum absolute atomic E-state index is 0.0712. The van der Waals surface area contributed by atoms with Crippen LogP contribution in [0.2, 0.25) is 0 Å². The largest absolute Gasteiger partial charge is 0.473 e. The highest BCUT2D eigenvalue weighted by Gasteiger charge is 2.31. The normalized spacial score (nSPS) is 28.0. The number of ether oxygens (including phenoxy) is 1. The SMILES string of the molecule is Cc1cc(OCl)c(F)nc1OCC1=CCC(C2CCC(CC3CC3)CC2)CC1. The molecule has 4 rings (SSSR count). The minimum atomic E-state index is -0.745. The molecule has 2 fully saturated rings. The van der Waals surface area contributed by atoms with Gasteiger partial charge < -0.3 is 9.03 Å². The average molecular weight is 408 g/mol. The fourth-order valence-electron chi connectivity index (χ4n) is 5.10. The van der Waals surface area contributed by atoms with Crippen LogP contribution in [0.15, 0.2) is 17.7 Å². The van der Waals surface area contributed by atoms with Gasteiger partial charge in [0.15, 0.2) is 0 Å². The van der Waals surface area contributed by atoms with E-state index in [1.54, 1.807) is 0 Å². The Bertz CT molecular complexity index is 711. The molecule has 28 heavy (non-hydrogen) atoms. The number of rotatable bonds is 7. The summed E-state index contributed by atoms with van der Waals surface area (Å²) in [5, 5.41) is 0. The zero-order valence-electron chi connectivity index (χ0n) is 16.8. The summed E-state index contributed by atoms with van der Waals surface area (Å²) in [5.74, 6) is 3.33. The van der Waals surface area contributed by atoms with Gasteiger partial charge in [-0.25, -0.2) is 0 Å². The zero-order valence-corrected chi connectivity index (χ0v) is 17.5. The second-order valence-corrected chi connectivity index (χ2v) is 9.28. The standard InChI is InChI=1S/C23H31ClFNO2/c1-15-12-21(28-24)22(25)26-23(15)27-14-18-6-10-20(11-7-18)19-8-4-17(5-9-19)13-16-2-3-16/h6,12,16-17,19-20H,2-5,7-11,13-14H2,1H3. The molecule has 0 radical (unpaired) electrons. The highest BCUT2D eigenvalue weighted by atomic mass is 35.5. The van der Waals surface area contributed by atoms with Gasteiger partial charge in [-0.1, -0.05) is 31.8 Å². The maximum atomic E-state index is 13.7. The number of aryl methyl sites for hydroxylation is 1. The molecule has 3 aliphatic rings. The molecule has 0 bridgehead atoms. The summed E-state index contributed by atoms with van der Waals surface area (Å²) in [6, 6.07) is 1.51. The summed E-state index contributed by atoms with van der Waals surface area (Å²) in [4.78, 5) is 3.82. The van der Waals surface area contributed by atoms with E-state index in [1.807, 2.05) is 6.92 Å². The Kier molecular flexibility index (Phi) is 6.45. The number of nitrogens with zero attached hydrogens (tertiary/aromatic N) is 1. The van der Waals surface area contributed by atoms with Crippen LogP contribution >= 0.6 is 11.9 Å². The molecule has 0 spiro atoms. The highest BCUT2D eigenvalue weighted by Crippen LogP contribution is 2.44. The van der Waals surface area contributed by atoms with E-state index in [9.17, 15) is 4.39 Å². The second kappa shape index (κ2) is 9.02. The van der Waals surface area contributed by atoms with Gasteiger partial charge in [0, 0.05) is 5.56 Å². The first kappa shape index (κ1) is 20.0. The highest BCUT2D eigenvalue weighted by molar-refractivity contribution is 6.09. The molecule has 1 atom stereocenters. The number of aromatic nitrogens is 1. The van der Waals surface area contributed by atoms with E-state index in [0.29, 0.717) is 18.1 Å². The van der Waals surface area contributed by atoms with Crippen molar-refractivity contribution in [2.24, 2.45) is 23.7 Å². The third kappa shape index (κ3) is 5.00. The number of hydrogen-bond donors (Lipinski definition) is 0. The molecular formula is C23H31ClFNO2. The van der Waals surface area contributed by atoms with Crippen molar-refractivity contribution >= 4 is 11.9 Å². The molecule has 0 N–H and O–H groups in total. The van der Waals surface area contributed by atoms with Crippen molar-refractivity contribution in [3.63, 3.8) is 0 Å². The van der Waals surface area contributed by atoms with Crippen LogP contribution in [0.25, 0.3) is 0 Å². The Hall–Kier alpha value is -1.29. The first-order valence-electron chi connectivity index (χ1n) is 10.9. The van der Waals surface area contributed by atoms with Gasteiger partial charge in [0.25, 0.3) is 5.95 Å². The van der Waals surface area contributed by atoms with Gasteiger partial charge in [-0.15, -0.1) is 0 Å². The summed E-state index contributed by atoms with van der Waals surface area (Å²) in [6.45, 7) is 2.29. The van der Waals surface area contributed by atoms with Crippen molar-refractivity contribution in [1.29, 1.82) is 0 Å². The first-order valence-corrected chi connectivity index (χ1v) is 11.2. The topological polar surface area (TPSA) is 31.4 Å². The van der Waals surface area contributed by atoms with Crippen molar-refractivity contribution in [2.75, 3.05) is 6.61 Å². The molecule has 0 amide bonds. The Morgan fingerprint density at radius 3 is 2.39 bits per heavy atom. The number of pyridine rings is 1. The quantitative estimate of drug-likeness (QED) is 0.369. The van der Waals surface area contributed by atoms with Crippen molar-refractivity contribution in [2.45, 2.75) is 71.1 Å². The lowest BCUT2D eigenvalue weighted by atomic mass is 9.70. The van der Waals surface area contributed by atoms with Crippen LogP contribution in [0.4, 0.5) is 4.39 Å². The van der Waals surface area contributed by atoms with E-state index in [1.165, 1.54) is 63.0 Å². The van der Waals surface area contributed by atoms with Gasteiger partial charge in [-0.05, 0) is 80.8 Å². The molecule has 2 saturated carbocycles. The first-order chi connectivity index (χ1) is 13.6. The van der Waals surface area contributed by atoms with Crippen molar-refractivity contribution in [3.8, 4) is 11.6 Å². The van der Waals surface area contributed by atoms with E-state index in [0.717, 1.165) is 36.5 Å². The predicted molar refractivity (Wildman–Crippen MR) is 109 cm³/mol. The maximum Gasteiger partial charge on any atom is 0.260 e. The number of halogens is 2. The van der Waals surface area contributed by atoms with Gasteiger partial charge in [0.2, 0.25) is 11.6 Å². The minimum Gasteiger partial charge on any atom is -0.473 e. The van der Waals surface area contributed by atoms with Crippen LogP contribution in [-0.2, 0) is 0 Å². The molecule has 3 nitrogen and oxygen atoms in total. The van der Waals surface area contributed by atoms with Gasteiger partial charge in [-0.2, -0.15) is 9.37 Å². The molecule has 0 aromatic carbocycles. The monoisotopic (exact) mass is 407 g/mol. The van der Waals surface area contributed by atoms with Crippen LogP contribution < -0.4 is 9.03 Å². The van der Waals surface area contributed by atoms with Crippen molar-refractivity contribution < 1.29 is 13.4 Å². The molecule has 0 saturated heterocycles. The lowest BCUT2D eigenvalue weighted by Gasteiger charge is -2.35. The van der Waals surface area contributed by atoms with Gasteiger partial charge in [0.05, 0.1) is 0 Å². The van der Waals surface area contributed by atoms with Crippen LogP contribution in [0.1, 0.15) is 69.8 Å². The van der Waals surface area contributed by atoms with E-state index in [-0.39, 0.29) is 5.75 Å². The van der Waals surface area contributed by atoms with Crippen LogP contribution in [0, 0.1) is 36.5 Å². The Labute approximate surface area is 172 Å². The number of allylic oxidation sites excluding steroid dienone is 1. The third-order valence-electron chi connectivity index (χ3n) is 7.03. The molecule has 5 heteroatoms. The fourth-order valence-corrected chi connectivity index (χ4v) is 5.21. The van der Waals surface area contributed by atoms with Gasteiger partial charge in [-0.3, -0.25) is 0 Å². The number of hydrogen-bond acceptors (Lipinski definition) is 3. The Balaban J connectivity index is 1.24. The van der Waals surface area contributed by atoms with Crippen molar-refractivity contribution in [1.82, 2.24) is 4.98 Å². The lowest BCUT2D eigenvalue weighted by Crippen LogP contribution is -2.24. The molecule has 154 valence electrons. The van der Waals surface area contributed by atoms with Crippen LogP contribution in [0.5, 0.6) is 11.6 Å². The third-order valence-corrected chi connectivity index (χ3v) is 7.20. The molecule has 0 aliphatic heterocycles.